The Kier molecular flexibility index (Phi) is 16.2. The number of unbranched alkanes of at least 4 members (excludes halogenated alkanes) is 11. The van der Waals surface area contributed by atoms with Gasteiger partial charge in [0, 0.05) is 18.9 Å². The molecular weight excluding hydrogens is 693 g/mol. The number of rotatable bonds is 24. The van der Waals surface area contributed by atoms with Crippen molar-refractivity contribution in [1.82, 2.24) is 19.6 Å². The number of pyridine rings is 1. The second-order valence-electron chi connectivity index (χ2n) is 12.9. The van der Waals surface area contributed by atoms with Gasteiger partial charge in [0.05, 0.1) is 30.5 Å². The van der Waals surface area contributed by atoms with Gasteiger partial charge >= 0.3 is 7.82 Å². The van der Waals surface area contributed by atoms with Crippen LogP contribution >= 0.6 is 7.82 Å². The fraction of sp³-hybridized carbons (Fsp3) is 0.629. The Bertz CT molecular complexity index is 1680. The lowest BCUT2D eigenvalue weighted by Gasteiger charge is -2.26. The summed E-state index contributed by atoms with van der Waals surface area (Å²) in [4.78, 5) is 18.6. The highest BCUT2D eigenvalue weighted by molar-refractivity contribution is 7.47. The fourth-order valence-electron chi connectivity index (χ4n) is 5.96. The van der Waals surface area contributed by atoms with E-state index >= 15 is 0 Å². The zero-order valence-electron chi connectivity index (χ0n) is 29.6. The zero-order valence-corrected chi connectivity index (χ0v) is 30.5. The van der Waals surface area contributed by atoms with Gasteiger partial charge in [-0.1, -0.05) is 77.6 Å². The summed E-state index contributed by atoms with van der Waals surface area (Å²) in [5, 5.41) is 45.1. The maximum absolute atomic E-state index is 13.0. The Hall–Kier alpha value is -3.70. The molecule has 284 valence electrons. The molecule has 4 rings (SSSR count). The largest absolute Gasteiger partial charge is 0.472 e. The van der Waals surface area contributed by atoms with Crippen molar-refractivity contribution in [3.63, 3.8) is 0 Å². The molecular formula is C35H50N7O9P. The molecule has 2 unspecified atom stereocenters. The van der Waals surface area contributed by atoms with Crippen LogP contribution in [0.25, 0.3) is 5.52 Å². The number of phosphoric ester groups is 1. The average Bonchev–Trinajstić information content (AvgIpc) is 3.69. The highest BCUT2D eigenvalue weighted by atomic mass is 31.2. The van der Waals surface area contributed by atoms with Crippen LogP contribution in [0.4, 0.5) is 5.82 Å². The molecule has 1 aliphatic rings. The van der Waals surface area contributed by atoms with Gasteiger partial charge < -0.3 is 35.1 Å². The van der Waals surface area contributed by atoms with Crippen molar-refractivity contribution in [1.29, 1.82) is 10.5 Å². The van der Waals surface area contributed by atoms with E-state index in [1.807, 2.05) is 6.07 Å². The summed E-state index contributed by atoms with van der Waals surface area (Å²) in [5.41, 5.74) is 4.61. The number of hydrogen-bond acceptors (Lipinski definition) is 14. The molecule has 52 heavy (non-hydrogen) atoms. The molecule has 0 bridgehead atoms. The third-order valence-corrected chi connectivity index (χ3v) is 9.83. The van der Waals surface area contributed by atoms with Gasteiger partial charge in [0.15, 0.2) is 5.82 Å². The van der Waals surface area contributed by atoms with Crippen molar-refractivity contribution in [3.8, 4) is 18.0 Å². The maximum Gasteiger partial charge on any atom is 0.472 e. The number of nitriles is 2. The summed E-state index contributed by atoms with van der Waals surface area (Å²) in [6.07, 6.45) is 11.4. The van der Waals surface area contributed by atoms with Crippen LogP contribution in [0.15, 0.2) is 36.8 Å². The number of aliphatic hydroxyl groups excluding tert-OH is 2. The molecule has 0 aliphatic carbocycles. The fourth-order valence-corrected chi connectivity index (χ4v) is 6.74. The number of aromatic nitrogens is 4. The molecule has 1 saturated heterocycles. The monoisotopic (exact) mass is 743 g/mol. The third-order valence-electron chi connectivity index (χ3n) is 8.90. The molecule has 4 heterocycles. The highest BCUT2D eigenvalue weighted by Crippen LogP contribution is 2.47. The second-order valence-corrected chi connectivity index (χ2v) is 14.4. The van der Waals surface area contributed by atoms with Crippen molar-refractivity contribution in [2.75, 3.05) is 32.2 Å². The summed E-state index contributed by atoms with van der Waals surface area (Å²) < 4.78 is 42.2. The number of fused-ring (bicyclic) bond motifs is 1. The molecule has 16 nitrogen and oxygen atoms in total. The molecule has 0 saturated carbocycles. The topological polar surface area (TPSA) is 241 Å². The first-order valence-electron chi connectivity index (χ1n) is 17.9. The Morgan fingerprint density at radius 1 is 1.00 bits per heavy atom. The predicted octanol–water partition coefficient (Wildman–Crippen LogP) is 4.93. The van der Waals surface area contributed by atoms with E-state index in [4.69, 9.17) is 29.0 Å². The normalized spacial score (nSPS) is 21.8. The number of anilines is 1. The maximum atomic E-state index is 13.0. The molecule has 3 aromatic rings. The van der Waals surface area contributed by atoms with Crippen LogP contribution in [0.1, 0.15) is 101 Å². The summed E-state index contributed by atoms with van der Waals surface area (Å²) in [6, 6.07) is 9.81. The van der Waals surface area contributed by atoms with Crippen LogP contribution in [0, 0.1) is 22.7 Å². The van der Waals surface area contributed by atoms with Crippen LogP contribution < -0.4 is 10.5 Å². The minimum absolute atomic E-state index is 0.0202. The number of ether oxygens (including phenoxy) is 3. The van der Waals surface area contributed by atoms with Crippen LogP contribution in [0.3, 0.4) is 0 Å². The second kappa shape index (κ2) is 20.5. The van der Waals surface area contributed by atoms with Gasteiger partial charge in [-0.3, -0.25) is 9.05 Å². The number of hydrogen-bond donors (Lipinski definition) is 4. The van der Waals surface area contributed by atoms with Crippen LogP contribution in [0.2, 0.25) is 0 Å². The average molecular weight is 744 g/mol. The van der Waals surface area contributed by atoms with Gasteiger partial charge in [-0.15, -0.1) is 0 Å². The minimum Gasteiger partial charge on any atom is -0.469 e. The Morgan fingerprint density at radius 3 is 2.37 bits per heavy atom. The Labute approximate surface area is 304 Å². The Balaban J connectivity index is 1.26. The van der Waals surface area contributed by atoms with E-state index in [2.05, 4.69) is 22.0 Å². The van der Waals surface area contributed by atoms with Crippen LogP contribution in [-0.2, 0) is 23.1 Å². The van der Waals surface area contributed by atoms with Gasteiger partial charge in [0.25, 0.3) is 0 Å². The van der Waals surface area contributed by atoms with Gasteiger partial charge in [-0.2, -0.15) is 15.6 Å². The summed E-state index contributed by atoms with van der Waals surface area (Å²) >= 11 is 0. The van der Waals surface area contributed by atoms with E-state index in [1.165, 1.54) is 93.0 Å². The molecule has 17 heteroatoms. The van der Waals surface area contributed by atoms with Gasteiger partial charge in [0.1, 0.15) is 48.9 Å². The standard InChI is InChI=1S/C35H50N7O9P/c1-2-3-4-5-6-7-8-9-10-11-12-13-18-47-21-27(50-30-19-26(20-36)16-17-39-30)22-48-52(45,46)49-24-35(23-37)33(44)31(43)32(51-35)28-14-15-29-34(38)40-25-41-42(28)29/h14-17,19,25,27,31-33,43-44H,2-13,18,21-22,24H2,1H3,(H,45,46)(H2,38,40,41)/t27-,31+,32?,33+,35-/m1/s1. The van der Waals surface area contributed by atoms with Crippen molar-refractivity contribution >= 4 is 19.2 Å². The summed E-state index contributed by atoms with van der Waals surface area (Å²) in [5.74, 6) is 0.249. The smallest absolute Gasteiger partial charge is 0.469 e. The first-order valence-corrected chi connectivity index (χ1v) is 19.4. The Morgan fingerprint density at radius 2 is 1.69 bits per heavy atom. The van der Waals surface area contributed by atoms with Crippen LogP contribution in [-0.4, -0.2) is 85.0 Å². The first kappa shape index (κ1) is 41.1. The molecule has 6 atom stereocenters. The molecule has 1 fully saturated rings. The SMILES string of the molecule is CCCCCCCCCCCCCCOC[C@H](COP(=O)(O)OC[C@@]1(C#N)OC(c2ccc3c(N)ncnn23)[C@H](O)[C@@H]1O)Oc1cc(C#N)ccn1. The molecule has 0 amide bonds. The first-order chi connectivity index (χ1) is 25.1. The molecule has 1 aliphatic heterocycles. The molecule has 0 radical (unpaired) electrons. The number of nitrogens with zero attached hydrogens (tertiary/aromatic N) is 6. The lowest BCUT2D eigenvalue weighted by Crippen LogP contribution is -2.45. The number of nitrogens with two attached hydrogens (primary N) is 1. The predicted molar refractivity (Wildman–Crippen MR) is 189 cm³/mol. The number of nitrogen functional groups attached to an aromatic ring is 1. The van der Waals surface area contributed by atoms with E-state index < -0.39 is 51.1 Å². The third kappa shape index (κ3) is 11.7. The zero-order chi connectivity index (χ0) is 37.4. The minimum atomic E-state index is -4.89. The summed E-state index contributed by atoms with van der Waals surface area (Å²) in [7, 11) is -4.89. The van der Waals surface area contributed by atoms with E-state index in [0.29, 0.717) is 17.7 Å². The number of aliphatic hydroxyl groups is 2. The van der Waals surface area contributed by atoms with Crippen molar-refractivity contribution in [3.05, 3.63) is 48.0 Å². The van der Waals surface area contributed by atoms with E-state index in [-0.39, 0.29) is 24.0 Å². The van der Waals surface area contributed by atoms with Gasteiger partial charge in [-0.25, -0.2) is 19.0 Å². The van der Waals surface area contributed by atoms with Crippen LogP contribution in [0.5, 0.6) is 5.88 Å². The lowest BCUT2D eigenvalue weighted by atomic mass is 9.96. The number of phosphoric acid groups is 1. The molecule has 5 N–H and O–H groups in total. The highest BCUT2D eigenvalue weighted by Gasteiger charge is 2.57. The summed E-state index contributed by atoms with van der Waals surface area (Å²) in [6.45, 7) is 1.23. The van der Waals surface area contributed by atoms with Crippen molar-refractivity contribution < 1.29 is 42.9 Å². The quantitative estimate of drug-likeness (QED) is 0.0702. The lowest BCUT2D eigenvalue weighted by molar-refractivity contribution is -0.0755. The van der Waals surface area contributed by atoms with E-state index in [9.17, 15) is 30.2 Å². The van der Waals surface area contributed by atoms with Gasteiger partial charge in [-0.05, 0) is 24.6 Å². The molecule has 0 spiro atoms. The van der Waals surface area contributed by atoms with E-state index in [1.54, 1.807) is 12.1 Å². The van der Waals surface area contributed by atoms with Crippen molar-refractivity contribution in [2.24, 2.45) is 0 Å². The molecule has 0 aromatic carbocycles. The van der Waals surface area contributed by atoms with E-state index in [0.717, 1.165) is 19.3 Å². The van der Waals surface area contributed by atoms with Gasteiger partial charge in [0.2, 0.25) is 11.5 Å². The van der Waals surface area contributed by atoms with Crippen molar-refractivity contribution in [2.45, 2.75) is 114 Å². The molecule has 3 aromatic heterocycles.